The van der Waals surface area contributed by atoms with Crippen LogP contribution in [0, 0.1) is 0 Å². The predicted molar refractivity (Wildman–Crippen MR) is 67.6 cm³/mol. The molecule has 1 heterocycles. The Morgan fingerprint density at radius 3 is 2.58 bits per heavy atom. The Morgan fingerprint density at radius 2 is 2.16 bits per heavy atom. The molecule has 1 aromatic heterocycles. The lowest BCUT2D eigenvalue weighted by Crippen LogP contribution is -2.36. The maximum Gasteiger partial charge on any atom is 0.408 e. The molecule has 0 aliphatic heterocycles. The van der Waals surface area contributed by atoms with E-state index < -0.39 is 23.7 Å². The number of carbonyl (C=O) groups is 2. The van der Waals surface area contributed by atoms with Crippen molar-refractivity contribution in [2.45, 2.75) is 38.8 Å². The van der Waals surface area contributed by atoms with E-state index in [0.29, 0.717) is 5.82 Å². The fourth-order valence-electron chi connectivity index (χ4n) is 1.54. The van der Waals surface area contributed by atoms with Crippen molar-refractivity contribution in [2.24, 2.45) is 7.05 Å². The minimum absolute atomic E-state index is 0.260. The second-order valence-electron chi connectivity index (χ2n) is 5.19. The van der Waals surface area contributed by atoms with Crippen molar-refractivity contribution in [1.82, 2.24) is 14.9 Å². The van der Waals surface area contributed by atoms with Crippen LogP contribution < -0.4 is 5.32 Å². The zero-order valence-corrected chi connectivity index (χ0v) is 11.5. The maximum absolute atomic E-state index is 11.7. The highest BCUT2D eigenvalue weighted by atomic mass is 16.6. The highest BCUT2D eigenvalue weighted by molar-refractivity contribution is 5.71. The minimum Gasteiger partial charge on any atom is -0.481 e. The van der Waals surface area contributed by atoms with Crippen LogP contribution in [-0.2, 0) is 16.6 Å². The third-order valence-corrected chi connectivity index (χ3v) is 2.24. The fraction of sp³-hybridized carbons (Fsp3) is 0.583. The van der Waals surface area contributed by atoms with Crippen molar-refractivity contribution < 1.29 is 19.4 Å². The number of imidazole rings is 1. The average molecular weight is 269 g/mol. The van der Waals surface area contributed by atoms with Crippen LogP contribution in [0.2, 0.25) is 0 Å². The topological polar surface area (TPSA) is 93.5 Å². The first-order valence-electron chi connectivity index (χ1n) is 5.87. The molecule has 7 heteroatoms. The van der Waals surface area contributed by atoms with Gasteiger partial charge in [0.1, 0.15) is 17.5 Å². The second-order valence-corrected chi connectivity index (χ2v) is 5.19. The molecule has 0 aliphatic rings. The lowest BCUT2D eigenvalue weighted by atomic mass is 10.2. The van der Waals surface area contributed by atoms with Crippen LogP contribution in [0.5, 0.6) is 0 Å². The summed E-state index contributed by atoms with van der Waals surface area (Å²) in [7, 11) is 1.73. The van der Waals surface area contributed by atoms with E-state index in [9.17, 15) is 9.59 Å². The third-order valence-electron chi connectivity index (χ3n) is 2.24. The number of ether oxygens (including phenoxy) is 1. The SMILES string of the molecule is Cn1ccnc1[C@@H](CC(=O)O)NC(=O)OC(C)(C)C. The monoisotopic (exact) mass is 269 g/mol. The number of hydrogen-bond acceptors (Lipinski definition) is 4. The van der Waals surface area contributed by atoms with Crippen molar-refractivity contribution in [2.75, 3.05) is 0 Å². The number of hydrogen-bond donors (Lipinski definition) is 2. The van der Waals surface area contributed by atoms with Gasteiger partial charge in [0.2, 0.25) is 0 Å². The number of aryl methyl sites for hydroxylation is 1. The van der Waals surface area contributed by atoms with Crippen molar-refractivity contribution >= 4 is 12.1 Å². The number of carboxylic acids is 1. The maximum atomic E-state index is 11.7. The van der Waals surface area contributed by atoms with Gasteiger partial charge >= 0.3 is 12.1 Å². The average Bonchev–Trinajstić information content (AvgIpc) is 2.59. The van der Waals surface area contributed by atoms with E-state index in [1.54, 1.807) is 44.8 Å². The summed E-state index contributed by atoms with van der Waals surface area (Å²) >= 11 is 0. The number of nitrogens with zero attached hydrogens (tertiary/aromatic N) is 2. The van der Waals surface area contributed by atoms with Gasteiger partial charge in [0.25, 0.3) is 0 Å². The highest BCUT2D eigenvalue weighted by Crippen LogP contribution is 2.16. The Hall–Kier alpha value is -2.05. The van der Waals surface area contributed by atoms with Crippen LogP contribution in [0.15, 0.2) is 12.4 Å². The molecule has 0 unspecified atom stereocenters. The fourth-order valence-corrected chi connectivity index (χ4v) is 1.54. The molecular formula is C12H19N3O4. The van der Waals surface area contributed by atoms with Gasteiger partial charge in [0, 0.05) is 19.4 Å². The molecule has 0 saturated heterocycles. The van der Waals surface area contributed by atoms with Gasteiger partial charge in [-0.2, -0.15) is 0 Å². The lowest BCUT2D eigenvalue weighted by molar-refractivity contribution is -0.137. The smallest absolute Gasteiger partial charge is 0.408 e. The molecule has 1 atom stereocenters. The molecule has 0 aromatic carbocycles. The number of aliphatic carboxylic acids is 1. The summed E-state index contributed by atoms with van der Waals surface area (Å²) in [6, 6.07) is -0.729. The first kappa shape index (κ1) is 15.0. The number of aromatic nitrogens is 2. The van der Waals surface area contributed by atoms with Crippen LogP contribution in [0.1, 0.15) is 39.1 Å². The highest BCUT2D eigenvalue weighted by Gasteiger charge is 2.24. The molecule has 0 radical (unpaired) electrons. The third kappa shape index (κ3) is 4.99. The van der Waals surface area contributed by atoms with Crippen LogP contribution in [0.4, 0.5) is 4.79 Å². The van der Waals surface area contributed by atoms with Crippen molar-refractivity contribution in [3.8, 4) is 0 Å². The van der Waals surface area contributed by atoms with Gasteiger partial charge in [-0.25, -0.2) is 9.78 Å². The summed E-state index contributed by atoms with van der Waals surface area (Å²) in [5.41, 5.74) is -0.639. The molecule has 1 amide bonds. The van der Waals surface area contributed by atoms with Crippen molar-refractivity contribution in [3.63, 3.8) is 0 Å². The molecule has 19 heavy (non-hydrogen) atoms. The Morgan fingerprint density at radius 1 is 1.53 bits per heavy atom. The quantitative estimate of drug-likeness (QED) is 0.863. The zero-order chi connectivity index (χ0) is 14.6. The van der Waals surface area contributed by atoms with E-state index >= 15 is 0 Å². The Balaban J connectivity index is 2.79. The number of carboxylic acid groups (broad SMARTS) is 1. The molecule has 0 spiro atoms. The molecule has 0 fully saturated rings. The van der Waals surface area contributed by atoms with E-state index in [2.05, 4.69) is 10.3 Å². The summed E-state index contributed by atoms with van der Waals surface area (Å²) in [6.45, 7) is 5.21. The summed E-state index contributed by atoms with van der Waals surface area (Å²) in [6.07, 6.45) is 2.30. The van der Waals surface area contributed by atoms with Crippen LogP contribution in [0.25, 0.3) is 0 Å². The Bertz CT molecular complexity index is 462. The minimum atomic E-state index is -1.02. The van der Waals surface area contributed by atoms with Crippen LogP contribution >= 0.6 is 0 Å². The van der Waals surface area contributed by atoms with Gasteiger partial charge in [0.15, 0.2) is 0 Å². The second kappa shape index (κ2) is 5.73. The van der Waals surface area contributed by atoms with E-state index in [4.69, 9.17) is 9.84 Å². The summed E-state index contributed by atoms with van der Waals surface area (Å²) < 4.78 is 6.77. The number of amides is 1. The van der Waals surface area contributed by atoms with Gasteiger partial charge in [-0.15, -0.1) is 0 Å². The molecule has 0 bridgehead atoms. The lowest BCUT2D eigenvalue weighted by Gasteiger charge is -2.22. The Labute approximate surface area is 111 Å². The zero-order valence-electron chi connectivity index (χ0n) is 11.5. The van der Waals surface area contributed by atoms with E-state index in [0.717, 1.165) is 0 Å². The number of rotatable bonds is 4. The predicted octanol–water partition coefficient (Wildman–Crippen LogP) is 1.46. The normalized spacial score (nSPS) is 12.8. The molecule has 1 rings (SSSR count). The summed E-state index contributed by atoms with van der Waals surface area (Å²) in [4.78, 5) is 26.6. The van der Waals surface area contributed by atoms with Crippen molar-refractivity contribution in [1.29, 1.82) is 0 Å². The first-order valence-corrected chi connectivity index (χ1v) is 5.87. The van der Waals surface area contributed by atoms with E-state index in [1.165, 1.54) is 0 Å². The molecule has 0 saturated carbocycles. The number of nitrogens with one attached hydrogen (secondary N) is 1. The molecule has 0 aliphatic carbocycles. The van der Waals surface area contributed by atoms with Crippen LogP contribution in [-0.4, -0.2) is 32.3 Å². The van der Waals surface area contributed by atoms with E-state index in [1.807, 2.05) is 0 Å². The molecular weight excluding hydrogens is 250 g/mol. The van der Waals surface area contributed by atoms with Crippen molar-refractivity contribution in [3.05, 3.63) is 18.2 Å². The molecule has 1 aromatic rings. The van der Waals surface area contributed by atoms with Gasteiger partial charge < -0.3 is 19.7 Å². The standard InChI is InChI=1S/C12H19N3O4/c1-12(2,3)19-11(18)14-8(7-9(16)17)10-13-5-6-15(10)4/h5-6,8H,7H2,1-4H3,(H,14,18)(H,16,17)/t8-/m1/s1. The number of carbonyl (C=O) groups excluding carboxylic acids is 1. The molecule has 7 nitrogen and oxygen atoms in total. The Kier molecular flexibility index (Phi) is 4.52. The largest absolute Gasteiger partial charge is 0.481 e. The molecule has 2 N–H and O–H groups in total. The van der Waals surface area contributed by atoms with Gasteiger partial charge in [-0.1, -0.05) is 0 Å². The first-order chi connectivity index (χ1) is 8.69. The molecule has 106 valence electrons. The van der Waals surface area contributed by atoms with Gasteiger partial charge in [0.05, 0.1) is 6.42 Å². The summed E-state index contributed by atoms with van der Waals surface area (Å²) in [5.74, 6) is -0.558. The van der Waals surface area contributed by atoms with E-state index in [-0.39, 0.29) is 6.42 Å². The number of alkyl carbamates (subject to hydrolysis) is 1. The van der Waals surface area contributed by atoms with Gasteiger partial charge in [-0.3, -0.25) is 4.79 Å². The summed E-state index contributed by atoms with van der Waals surface area (Å²) in [5, 5.41) is 11.4. The van der Waals surface area contributed by atoms with Gasteiger partial charge in [-0.05, 0) is 20.8 Å². The van der Waals surface area contributed by atoms with Crippen LogP contribution in [0.3, 0.4) is 0 Å².